The van der Waals surface area contributed by atoms with Gasteiger partial charge in [-0.25, -0.2) is 0 Å². The Balaban J connectivity index is 0.00000144. The number of pyridine rings is 1. The molecular formula is C20H18IrN-. The first-order chi connectivity index (χ1) is 10.0. The Hall–Kier alpha value is -1.76. The Kier molecular flexibility index (Phi) is 3.36. The second-order valence-corrected chi connectivity index (χ2v) is 6.37. The van der Waals surface area contributed by atoms with Crippen LogP contribution in [-0.4, -0.2) is 0 Å². The van der Waals surface area contributed by atoms with Crippen LogP contribution in [0.4, 0.5) is 0 Å². The molecule has 0 bridgehead atoms. The molecule has 0 fully saturated rings. The molecule has 0 saturated heterocycles. The summed E-state index contributed by atoms with van der Waals surface area (Å²) in [5.74, 6) is 0. The van der Waals surface area contributed by atoms with Crippen molar-refractivity contribution in [3.05, 3.63) is 79.3 Å². The number of aromatic nitrogens is 1. The molecule has 0 spiro atoms. The maximum absolute atomic E-state index is 4.26. The van der Waals surface area contributed by atoms with Gasteiger partial charge in [0.1, 0.15) is 0 Å². The minimum atomic E-state index is -0.0239. The van der Waals surface area contributed by atoms with E-state index >= 15 is 0 Å². The molecule has 22 heavy (non-hydrogen) atoms. The summed E-state index contributed by atoms with van der Waals surface area (Å²) >= 11 is 0. The molecule has 0 saturated carbocycles. The molecular weight excluding hydrogens is 446 g/mol. The molecule has 1 radical (unpaired) electrons. The number of hydrogen-bond donors (Lipinski definition) is 0. The van der Waals surface area contributed by atoms with Crippen molar-refractivity contribution in [3.63, 3.8) is 0 Å². The zero-order valence-electron chi connectivity index (χ0n) is 12.8. The monoisotopic (exact) mass is 465 g/mol. The Morgan fingerprint density at radius 3 is 2.41 bits per heavy atom. The molecule has 1 aliphatic rings. The third-order valence-electron chi connectivity index (χ3n) is 4.79. The average molecular weight is 465 g/mol. The normalized spacial score (nSPS) is 14.3. The molecule has 1 aromatic heterocycles. The fourth-order valence-corrected chi connectivity index (χ4v) is 3.70. The summed E-state index contributed by atoms with van der Waals surface area (Å²) in [7, 11) is 4.19. The molecule has 113 valence electrons. The standard InChI is InChI=1S/C20H18N.Ir/c1-13-7-5-9-15-17(13)19-18-14(11-12-21(19)4)8-6-10-16(18)20(15,2)3;/h5-12H,1,4H2,2-3H3;/q-1;. The molecule has 2 aromatic carbocycles. The molecule has 0 atom stereocenters. The fraction of sp³-hybridized carbons (Fsp3) is 0.150. The third kappa shape index (κ3) is 1.78. The van der Waals surface area contributed by atoms with E-state index in [-0.39, 0.29) is 25.5 Å². The summed E-state index contributed by atoms with van der Waals surface area (Å²) in [5, 5.41) is 2.58. The largest absolute Gasteiger partial charge is 0.343 e. The number of benzene rings is 2. The van der Waals surface area contributed by atoms with Crippen molar-refractivity contribution in [3.8, 4) is 11.3 Å². The van der Waals surface area contributed by atoms with Gasteiger partial charge in [-0.3, -0.25) is 0 Å². The molecule has 0 amide bonds. The zero-order chi connectivity index (χ0) is 14.8. The summed E-state index contributed by atoms with van der Waals surface area (Å²) in [6.07, 6.45) is 2.04. The van der Waals surface area contributed by atoms with Crippen LogP contribution in [0.3, 0.4) is 0 Å². The van der Waals surface area contributed by atoms with Gasteiger partial charge in [0.25, 0.3) is 0 Å². The van der Waals surface area contributed by atoms with Crippen molar-refractivity contribution in [1.29, 1.82) is 0 Å². The molecule has 0 unspecified atom stereocenters. The van der Waals surface area contributed by atoms with E-state index in [1.165, 1.54) is 33.2 Å². The maximum Gasteiger partial charge on any atom is 0.0692 e. The van der Waals surface area contributed by atoms with Crippen LogP contribution in [0.15, 0.2) is 48.7 Å². The van der Waals surface area contributed by atoms with Crippen molar-refractivity contribution < 1.29 is 24.7 Å². The van der Waals surface area contributed by atoms with Gasteiger partial charge >= 0.3 is 0 Å². The van der Waals surface area contributed by atoms with Gasteiger partial charge in [-0.1, -0.05) is 43.7 Å². The molecule has 0 N–H and O–H groups in total. The Morgan fingerprint density at radius 1 is 0.955 bits per heavy atom. The quantitative estimate of drug-likeness (QED) is 0.346. The van der Waals surface area contributed by atoms with E-state index in [4.69, 9.17) is 0 Å². The van der Waals surface area contributed by atoms with E-state index in [2.05, 4.69) is 70.3 Å². The summed E-state index contributed by atoms with van der Waals surface area (Å²) in [4.78, 5) is 0. The fourth-order valence-electron chi connectivity index (χ4n) is 3.70. The van der Waals surface area contributed by atoms with Crippen molar-refractivity contribution in [1.82, 2.24) is 0 Å². The molecule has 4 rings (SSSR count). The van der Waals surface area contributed by atoms with E-state index in [1.54, 1.807) is 0 Å². The van der Waals surface area contributed by atoms with Crippen LogP contribution in [-0.2, 0) is 25.5 Å². The van der Waals surface area contributed by atoms with Crippen LogP contribution in [0, 0.1) is 14.0 Å². The van der Waals surface area contributed by atoms with Gasteiger partial charge in [0, 0.05) is 32.6 Å². The molecule has 1 nitrogen and oxygen atoms in total. The minimum absolute atomic E-state index is 0. The summed E-state index contributed by atoms with van der Waals surface area (Å²) < 4.78 is 1.98. The Morgan fingerprint density at radius 2 is 1.64 bits per heavy atom. The Bertz CT molecular complexity index is 894. The number of rotatable bonds is 0. The van der Waals surface area contributed by atoms with Crippen molar-refractivity contribution >= 4 is 10.8 Å². The van der Waals surface area contributed by atoms with Gasteiger partial charge in [0.05, 0.1) is 11.9 Å². The van der Waals surface area contributed by atoms with E-state index < -0.39 is 0 Å². The zero-order valence-corrected chi connectivity index (χ0v) is 15.2. The second-order valence-electron chi connectivity index (χ2n) is 6.37. The van der Waals surface area contributed by atoms with Crippen LogP contribution < -0.4 is 4.57 Å². The van der Waals surface area contributed by atoms with Crippen LogP contribution in [0.25, 0.3) is 22.0 Å². The number of fused-ring (bicyclic) bond motifs is 2. The number of nitrogens with zero attached hydrogens (tertiary/aromatic N) is 1. The van der Waals surface area contributed by atoms with Gasteiger partial charge < -0.3 is 4.57 Å². The molecule has 1 heterocycles. The topological polar surface area (TPSA) is 3.88 Å². The van der Waals surface area contributed by atoms with Gasteiger partial charge in [-0.15, -0.1) is 11.6 Å². The summed E-state index contributed by atoms with van der Waals surface area (Å²) in [6, 6.07) is 15.1. The molecule has 1 aliphatic carbocycles. The van der Waals surface area contributed by atoms with Crippen molar-refractivity contribution in [2.45, 2.75) is 19.3 Å². The first kappa shape index (κ1) is 15.1. The first-order valence-corrected chi connectivity index (χ1v) is 7.26. The van der Waals surface area contributed by atoms with Crippen LogP contribution in [0.1, 0.15) is 30.5 Å². The van der Waals surface area contributed by atoms with Gasteiger partial charge in [-0.2, -0.15) is 18.6 Å². The molecule has 3 aromatic rings. The Labute approximate surface area is 145 Å². The van der Waals surface area contributed by atoms with Crippen LogP contribution in [0.5, 0.6) is 0 Å². The van der Waals surface area contributed by atoms with Crippen LogP contribution >= 0.6 is 0 Å². The van der Waals surface area contributed by atoms with Gasteiger partial charge in [0.15, 0.2) is 0 Å². The predicted molar refractivity (Wildman–Crippen MR) is 86.9 cm³/mol. The van der Waals surface area contributed by atoms with Crippen molar-refractivity contribution in [2.75, 3.05) is 0 Å². The second kappa shape index (κ2) is 4.87. The SMILES string of the molecule is [CH2-]c1cccc2c1-c1c3c(cccc3cc[n+]1[CH2-])C2(C)C.[Ir]. The van der Waals surface area contributed by atoms with Gasteiger partial charge in [-0.05, 0) is 22.4 Å². The summed E-state index contributed by atoms with van der Waals surface area (Å²) in [5.41, 5.74) is 6.17. The van der Waals surface area contributed by atoms with Crippen molar-refractivity contribution in [2.24, 2.45) is 0 Å². The van der Waals surface area contributed by atoms with E-state index in [0.29, 0.717) is 0 Å². The first-order valence-electron chi connectivity index (χ1n) is 7.26. The summed E-state index contributed by atoms with van der Waals surface area (Å²) in [6.45, 7) is 8.85. The van der Waals surface area contributed by atoms with E-state index in [9.17, 15) is 0 Å². The third-order valence-corrected chi connectivity index (χ3v) is 4.79. The molecule has 0 aliphatic heterocycles. The van der Waals surface area contributed by atoms with E-state index in [1.807, 2.05) is 10.8 Å². The number of hydrogen-bond acceptors (Lipinski definition) is 0. The molecule has 2 heteroatoms. The van der Waals surface area contributed by atoms with Gasteiger partial charge in [0.2, 0.25) is 0 Å². The van der Waals surface area contributed by atoms with Crippen LogP contribution in [0.2, 0.25) is 0 Å². The minimum Gasteiger partial charge on any atom is -0.343 e. The smallest absolute Gasteiger partial charge is 0.0692 e. The van der Waals surface area contributed by atoms with E-state index in [0.717, 1.165) is 5.56 Å². The maximum atomic E-state index is 4.26. The average Bonchev–Trinajstić information content (AvgIpc) is 2.46. The predicted octanol–water partition coefficient (Wildman–Crippen LogP) is 4.25.